The molecule has 3 aromatic rings. The van der Waals surface area contributed by atoms with Crippen LogP contribution in [0.4, 0.5) is 0 Å². The van der Waals surface area contributed by atoms with Crippen molar-refractivity contribution < 1.29 is 42.8 Å². The van der Waals surface area contributed by atoms with Gasteiger partial charge in [0.05, 0.1) is 39.6 Å². The molecule has 12 nitrogen and oxygen atoms in total. The molecule has 99 heavy (non-hydrogen) atoms. The van der Waals surface area contributed by atoms with Crippen molar-refractivity contribution in [1.82, 2.24) is 14.7 Å². The van der Waals surface area contributed by atoms with Crippen LogP contribution in [-0.4, -0.2) is 111 Å². The summed E-state index contributed by atoms with van der Waals surface area (Å²) in [5.41, 5.74) is 1.45. The number of nitrogens with zero attached hydrogens (tertiary/aromatic N) is 3. The third-order valence-electron chi connectivity index (χ3n) is 19.9. The Kier molecular flexibility index (Phi) is 51.8. The van der Waals surface area contributed by atoms with Gasteiger partial charge >= 0.3 is 0 Å². The van der Waals surface area contributed by atoms with Gasteiger partial charge < -0.3 is 43.1 Å². The fourth-order valence-corrected chi connectivity index (χ4v) is 13.3. The highest BCUT2D eigenvalue weighted by Gasteiger charge is 2.28. The Morgan fingerprint density at radius 2 is 0.374 bits per heavy atom. The van der Waals surface area contributed by atoms with Gasteiger partial charge in [-0.1, -0.05) is 311 Å². The van der Waals surface area contributed by atoms with Gasteiger partial charge in [0.2, 0.25) is 0 Å². The summed E-state index contributed by atoms with van der Waals surface area (Å²) >= 11 is 0. The molecule has 0 saturated carbocycles. The first-order valence-electron chi connectivity index (χ1n) is 41.8. The molecule has 0 bridgehead atoms. The van der Waals surface area contributed by atoms with Gasteiger partial charge in [-0.3, -0.25) is 14.4 Å². The molecular weight excluding hydrogens is 1230 g/mol. The monoisotopic (exact) mass is 1380 g/mol. The van der Waals surface area contributed by atoms with Gasteiger partial charge in [0.1, 0.15) is 0 Å². The zero-order valence-electron chi connectivity index (χ0n) is 64.6. The number of benzene rings is 3. The highest BCUT2D eigenvalue weighted by molar-refractivity contribution is 5.97. The molecular formula is C87H147N3O9. The van der Waals surface area contributed by atoms with Crippen molar-refractivity contribution >= 4 is 17.7 Å². The number of hydrogen-bond donors (Lipinski definition) is 0. The first-order chi connectivity index (χ1) is 48.8. The number of carbonyl (C=O) groups is 3. The van der Waals surface area contributed by atoms with E-state index in [1.165, 1.54) is 231 Å². The van der Waals surface area contributed by atoms with E-state index in [0.717, 1.165) is 77.0 Å². The zero-order chi connectivity index (χ0) is 70.7. The number of unbranched alkanes of at least 4 members (excludes halogenated alkanes) is 42. The molecule has 12 heteroatoms. The quantitative estimate of drug-likeness (QED) is 0.0509. The molecule has 4 rings (SSSR count). The van der Waals surface area contributed by atoms with Crippen LogP contribution in [0.3, 0.4) is 0 Å². The van der Waals surface area contributed by atoms with Crippen molar-refractivity contribution in [1.29, 1.82) is 0 Å². The smallest absolute Gasteiger partial charge is 0.254 e. The molecule has 1 fully saturated rings. The summed E-state index contributed by atoms with van der Waals surface area (Å²) in [4.78, 5) is 51.2. The number of rotatable bonds is 63. The Morgan fingerprint density at radius 1 is 0.222 bits per heavy atom. The van der Waals surface area contributed by atoms with Crippen molar-refractivity contribution in [3.63, 3.8) is 0 Å². The van der Waals surface area contributed by atoms with Crippen molar-refractivity contribution in [2.24, 2.45) is 0 Å². The predicted molar refractivity (Wildman–Crippen MR) is 416 cm³/mol. The summed E-state index contributed by atoms with van der Waals surface area (Å²) in [6.45, 7) is 18.5. The average Bonchev–Trinajstić information content (AvgIpc) is 1.77. The number of hydrogen-bond acceptors (Lipinski definition) is 9. The van der Waals surface area contributed by atoms with E-state index in [2.05, 4.69) is 41.5 Å². The van der Waals surface area contributed by atoms with Crippen LogP contribution in [0.5, 0.6) is 34.5 Å². The molecule has 1 aliphatic rings. The van der Waals surface area contributed by atoms with Crippen molar-refractivity contribution in [3.05, 3.63) is 71.3 Å². The van der Waals surface area contributed by atoms with E-state index in [0.29, 0.717) is 90.8 Å². The van der Waals surface area contributed by atoms with Crippen LogP contribution in [0.15, 0.2) is 54.6 Å². The van der Waals surface area contributed by atoms with Crippen LogP contribution in [0.25, 0.3) is 0 Å². The van der Waals surface area contributed by atoms with Crippen LogP contribution in [0, 0.1) is 0 Å². The van der Waals surface area contributed by atoms with E-state index < -0.39 is 0 Å². The van der Waals surface area contributed by atoms with Crippen LogP contribution in [0.1, 0.15) is 381 Å². The normalized spacial score (nSPS) is 12.7. The fraction of sp³-hybridized carbons (Fsp3) is 0.759. The molecule has 1 heterocycles. The zero-order valence-corrected chi connectivity index (χ0v) is 64.6. The molecule has 1 saturated heterocycles. The van der Waals surface area contributed by atoms with Gasteiger partial charge in [-0.25, -0.2) is 0 Å². The fourth-order valence-electron chi connectivity index (χ4n) is 13.3. The maximum Gasteiger partial charge on any atom is 0.254 e. The van der Waals surface area contributed by atoms with Crippen LogP contribution in [0.2, 0.25) is 0 Å². The largest absolute Gasteiger partial charge is 0.490 e. The predicted octanol–water partition coefficient (Wildman–Crippen LogP) is 24.5. The molecule has 3 amide bonds. The Bertz CT molecular complexity index is 2190. The standard InChI is InChI=1S/C87H147N3O9/c1-7-13-19-25-31-37-43-49-67-94-79-58-55-76(73-82(79)97-70-52-46-40-34-28-22-16-10-4)85(91)88-61-63-89(86(92)77-56-59-80(95-68-50-44-38-32-26-20-14-8-2)83(74-77)98-71-53-47-41-35-29-23-17-11-5)65-66-90(64-62-88)87(93)78-57-60-81(96-69-51-45-39-33-27-21-15-9-3)84(75-78)99-72-54-48-42-36-30-24-18-12-6/h55-60,73-75H,7-54,61-72H2,1-6H3. The summed E-state index contributed by atoms with van der Waals surface area (Å²) < 4.78 is 39.1. The third kappa shape index (κ3) is 39.8. The Balaban J connectivity index is 1.66. The van der Waals surface area contributed by atoms with Crippen molar-refractivity contribution in [3.8, 4) is 34.5 Å². The molecule has 0 radical (unpaired) electrons. The van der Waals surface area contributed by atoms with Crippen molar-refractivity contribution in [2.45, 2.75) is 350 Å². The SMILES string of the molecule is CCCCCCCCCCOc1ccc(C(=O)N2CCN(C(=O)c3ccc(OCCCCCCCCCC)c(OCCCCCCCCCC)c3)CCN(C(=O)c3ccc(OCCCCCCCCCC)c(OCCCCCCCCCC)c3)CC2)cc1OCCCCCCCCCC. The van der Waals surface area contributed by atoms with Crippen LogP contribution in [-0.2, 0) is 0 Å². The number of amides is 3. The summed E-state index contributed by atoms with van der Waals surface area (Å²) in [6.07, 6.45) is 57.7. The highest BCUT2D eigenvalue weighted by Crippen LogP contribution is 2.34. The van der Waals surface area contributed by atoms with Gasteiger partial charge in [-0.05, 0) is 93.1 Å². The second kappa shape index (κ2) is 59.4. The molecule has 0 spiro atoms. The van der Waals surface area contributed by atoms with Gasteiger partial charge in [-0.2, -0.15) is 0 Å². The van der Waals surface area contributed by atoms with E-state index in [1.807, 2.05) is 69.3 Å². The minimum Gasteiger partial charge on any atom is -0.490 e. The Hall–Kier alpha value is -5.13. The first kappa shape index (κ1) is 86.3. The lowest BCUT2D eigenvalue weighted by atomic mass is 10.1. The van der Waals surface area contributed by atoms with E-state index in [-0.39, 0.29) is 57.0 Å². The molecule has 0 N–H and O–H groups in total. The van der Waals surface area contributed by atoms with Crippen LogP contribution >= 0.6 is 0 Å². The third-order valence-corrected chi connectivity index (χ3v) is 19.9. The number of carbonyl (C=O) groups excluding carboxylic acids is 3. The second-order valence-electron chi connectivity index (χ2n) is 28.8. The summed E-state index contributed by atoms with van der Waals surface area (Å²) in [6, 6.07) is 16.8. The lowest BCUT2D eigenvalue weighted by Gasteiger charge is -2.26. The molecule has 564 valence electrons. The maximum atomic E-state index is 15.3. The van der Waals surface area contributed by atoms with E-state index in [9.17, 15) is 0 Å². The first-order valence-corrected chi connectivity index (χ1v) is 41.8. The van der Waals surface area contributed by atoms with Gasteiger partial charge in [0.15, 0.2) is 34.5 Å². The average molecular weight is 1380 g/mol. The van der Waals surface area contributed by atoms with E-state index in [4.69, 9.17) is 28.4 Å². The second-order valence-corrected chi connectivity index (χ2v) is 28.8. The van der Waals surface area contributed by atoms with Crippen LogP contribution < -0.4 is 28.4 Å². The molecule has 0 atom stereocenters. The Labute approximate surface area is 606 Å². The van der Waals surface area contributed by atoms with Gasteiger partial charge in [-0.15, -0.1) is 0 Å². The van der Waals surface area contributed by atoms with Gasteiger partial charge in [0, 0.05) is 56.0 Å². The minimum absolute atomic E-state index is 0.187. The summed E-state index contributed by atoms with van der Waals surface area (Å²) in [7, 11) is 0. The summed E-state index contributed by atoms with van der Waals surface area (Å²) in [5.74, 6) is 3.15. The molecule has 3 aromatic carbocycles. The minimum atomic E-state index is -0.187. The lowest BCUT2D eigenvalue weighted by Crippen LogP contribution is -2.41. The molecule has 0 aliphatic carbocycles. The molecule has 0 aromatic heterocycles. The summed E-state index contributed by atoms with van der Waals surface area (Å²) in [5, 5.41) is 0. The molecule has 1 aliphatic heterocycles. The van der Waals surface area contributed by atoms with E-state index >= 15 is 14.4 Å². The number of ether oxygens (including phenoxy) is 6. The van der Waals surface area contributed by atoms with Gasteiger partial charge in [0.25, 0.3) is 17.7 Å². The topological polar surface area (TPSA) is 116 Å². The Morgan fingerprint density at radius 3 is 0.545 bits per heavy atom. The highest BCUT2D eigenvalue weighted by atomic mass is 16.5. The lowest BCUT2D eigenvalue weighted by molar-refractivity contribution is 0.0679. The molecule has 0 unspecified atom stereocenters. The van der Waals surface area contributed by atoms with E-state index in [1.54, 1.807) is 0 Å². The maximum absolute atomic E-state index is 15.3. The van der Waals surface area contributed by atoms with Crippen molar-refractivity contribution in [2.75, 3.05) is 78.9 Å².